The Balaban J connectivity index is 1.96. The van der Waals surface area contributed by atoms with Gasteiger partial charge >= 0.3 is 18.0 Å². The number of aromatic nitrogens is 5. The first-order valence-corrected chi connectivity index (χ1v) is 14.8. The van der Waals surface area contributed by atoms with Crippen LogP contribution >= 0.6 is 0 Å². The Morgan fingerprint density at radius 3 is 2.33 bits per heavy atom. The minimum atomic E-state index is -1.47. The topological polar surface area (TPSA) is 176 Å². The number of carbonyl (C=O) groups is 4. The molecule has 0 atom stereocenters. The second-order valence-electron chi connectivity index (χ2n) is 12.8. The fraction of sp³-hybridized carbons (Fsp3) is 0.406. The predicted molar refractivity (Wildman–Crippen MR) is 166 cm³/mol. The van der Waals surface area contributed by atoms with Crippen LogP contribution in [-0.4, -0.2) is 78.2 Å². The zero-order chi connectivity index (χ0) is 33.4. The molecule has 5 rings (SSSR count). The normalized spacial score (nSPS) is 14.2. The van der Waals surface area contributed by atoms with Crippen molar-refractivity contribution in [3.63, 3.8) is 0 Å². The van der Waals surface area contributed by atoms with E-state index in [1.807, 2.05) is 0 Å². The first kappa shape index (κ1) is 32.3. The number of amides is 1. The van der Waals surface area contributed by atoms with Gasteiger partial charge in [-0.2, -0.15) is 5.10 Å². The van der Waals surface area contributed by atoms with Gasteiger partial charge in [0.2, 0.25) is 0 Å². The van der Waals surface area contributed by atoms with Crippen LogP contribution in [0.1, 0.15) is 91.8 Å². The van der Waals surface area contributed by atoms with Crippen molar-refractivity contribution in [1.29, 1.82) is 0 Å². The van der Waals surface area contributed by atoms with Crippen molar-refractivity contribution in [1.82, 2.24) is 24.4 Å². The largest absolute Gasteiger partial charge is 0.465 e. The second kappa shape index (κ2) is 12.4. The van der Waals surface area contributed by atoms with Gasteiger partial charge < -0.3 is 19.3 Å². The van der Waals surface area contributed by atoms with Crippen molar-refractivity contribution in [2.24, 2.45) is 0 Å². The fourth-order valence-electron chi connectivity index (χ4n) is 5.29. The van der Waals surface area contributed by atoms with Gasteiger partial charge in [-0.3, -0.25) is 14.8 Å². The van der Waals surface area contributed by atoms with E-state index in [0.29, 0.717) is 49.2 Å². The molecule has 1 aliphatic heterocycles. The Hall–Kier alpha value is -5.11. The maximum atomic E-state index is 14.3. The summed E-state index contributed by atoms with van der Waals surface area (Å²) >= 11 is 0. The van der Waals surface area contributed by atoms with Crippen LogP contribution in [0, 0.1) is 0 Å². The standard InChI is InChI=1S/C32H36N6O8/c1-31(2,3)45-28(40)23-22(21-10-13-33-37(21)20-11-14-44-15-12-20)25-26(35-30(42)43)34-27(29(41)46-32(4,5)6)36-38(25)24(23)19-9-7-8-18(16-19)17-39/h7-10,13,16-17,20H,11-12,14-15H2,1-6H3,(H,42,43)(H,34,35,36). The monoisotopic (exact) mass is 632 g/mol. The molecular formula is C32H36N6O8. The highest BCUT2D eigenvalue weighted by Crippen LogP contribution is 2.43. The van der Waals surface area contributed by atoms with E-state index in [2.05, 4.69) is 20.5 Å². The molecule has 1 fully saturated rings. The summed E-state index contributed by atoms with van der Waals surface area (Å²) in [5.74, 6) is -2.41. The molecule has 3 aromatic heterocycles. The molecule has 0 bridgehead atoms. The van der Waals surface area contributed by atoms with Crippen LogP contribution in [0.2, 0.25) is 0 Å². The summed E-state index contributed by atoms with van der Waals surface area (Å²) in [5.41, 5.74) is -0.262. The molecule has 0 unspecified atom stereocenters. The number of nitrogens with zero attached hydrogens (tertiary/aromatic N) is 5. The van der Waals surface area contributed by atoms with Gasteiger partial charge in [0.15, 0.2) is 5.82 Å². The first-order chi connectivity index (χ1) is 21.7. The maximum Gasteiger partial charge on any atom is 0.410 e. The SMILES string of the molecule is CC(C)(C)OC(=O)c1nc(NC(=O)O)c2c(-c3ccnn3C3CCOCC3)c(C(=O)OC(C)(C)C)c(-c3cccc(C=O)c3)n2n1. The molecule has 0 saturated carbocycles. The maximum absolute atomic E-state index is 14.3. The second-order valence-corrected chi connectivity index (χ2v) is 12.8. The lowest BCUT2D eigenvalue weighted by Gasteiger charge is -2.25. The van der Waals surface area contributed by atoms with Gasteiger partial charge in [-0.1, -0.05) is 18.2 Å². The van der Waals surface area contributed by atoms with Gasteiger partial charge in [-0.15, -0.1) is 5.10 Å². The highest BCUT2D eigenvalue weighted by atomic mass is 16.6. The summed E-state index contributed by atoms with van der Waals surface area (Å²) in [4.78, 5) is 55.9. The Morgan fingerprint density at radius 1 is 1.02 bits per heavy atom. The van der Waals surface area contributed by atoms with E-state index in [-0.39, 0.29) is 34.2 Å². The van der Waals surface area contributed by atoms with E-state index >= 15 is 0 Å². The molecule has 4 aromatic rings. The average molecular weight is 633 g/mol. The summed E-state index contributed by atoms with van der Waals surface area (Å²) in [7, 11) is 0. The number of hydrogen-bond acceptors (Lipinski definition) is 10. The van der Waals surface area contributed by atoms with Crippen LogP contribution in [0.3, 0.4) is 0 Å². The number of rotatable bonds is 7. The van der Waals surface area contributed by atoms with Gasteiger partial charge in [0.05, 0.1) is 23.0 Å². The number of carboxylic acid groups (broad SMARTS) is 1. The van der Waals surface area contributed by atoms with Crippen molar-refractivity contribution < 1.29 is 38.5 Å². The van der Waals surface area contributed by atoms with Crippen LogP contribution in [0.25, 0.3) is 28.0 Å². The van der Waals surface area contributed by atoms with Gasteiger partial charge in [0.1, 0.15) is 23.0 Å². The molecule has 46 heavy (non-hydrogen) atoms. The average Bonchev–Trinajstić information content (AvgIpc) is 3.58. The molecule has 1 amide bonds. The molecule has 0 aliphatic carbocycles. The zero-order valence-electron chi connectivity index (χ0n) is 26.5. The smallest absolute Gasteiger partial charge is 0.410 e. The molecule has 1 saturated heterocycles. The number of anilines is 1. The van der Waals surface area contributed by atoms with Gasteiger partial charge in [-0.05, 0) is 66.5 Å². The number of nitrogens with one attached hydrogen (secondary N) is 1. The molecule has 14 heteroatoms. The molecule has 1 aliphatic rings. The van der Waals surface area contributed by atoms with Crippen molar-refractivity contribution in [2.75, 3.05) is 18.5 Å². The molecule has 1 aromatic carbocycles. The highest BCUT2D eigenvalue weighted by Gasteiger charge is 2.36. The van der Waals surface area contributed by atoms with E-state index < -0.39 is 35.1 Å². The Bertz CT molecular complexity index is 1820. The predicted octanol–water partition coefficient (Wildman–Crippen LogP) is 5.42. The molecule has 242 valence electrons. The molecule has 0 radical (unpaired) electrons. The third-order valence-corrected chi connectivity index (χ3v) is 6.95. The summed E-state index contributed by atoms with van der Waals surface area (Å²) in [5, 5.41) is 21.3. The van der Waals surface area contributed by atoms with E-state index in [1.54, 1.807) is 82.8 Å². The Labute approximate surface area is 264 Å². The number of carbonyl (C=O) groups excluding carboxylic acids is 3. The number of fused-ring (bicyclic) bond motifs is 1. The van der Waals surface area contributed by atoms with Crippen molar-refractivity contribution in [2.45, 2.75) is 71.6 Å². The third-order valence-electron chi connectivity index (χ3n) is 6.95. The number of benzene rings is 1. The molecule has 14 nitrogen and oxygen atoms in total. The minimum absolute atomic E-state index is 0.0101. The van der Waals surface area contributed by atoms with E-state index in [1.165, 1.54) is 4.52 Å². The van der Waals surface area contributed by atoms with Crippen molar-refractivity contribution >= 4 is 35.7 Å². The lowest BCUT2D eigenvalue weighted by molar-refractivity contribution is 0.00486. The van der Waals surface area contributed by atoms with Crippen LogP contribution in [0.15, 0.2) is 36.5 Å². The third kappa shape index (κ3) is 6.76. The number of ether oxygens (including phenoxy) is 3. The highest BCUT2D eigenvalue weighted by molar-refractivity contribution is 6.11. The lowest BCUT2D eigenvalue weighted by Crippen LogP contribution is -2.26. The lowest BCUT2D eigenvalue weighted by atomic mass is 9.99. The number of esters is 2. The zero-order valence-corrected chi connectivity index (χ0v) is 26.5. The minimum Gasteiger partial charge on any atom is -0.465 e. The summed E-state index contributed by atoms with van der Waals surface area (Å²) in [6.07, 6.45) is 2.07. The van der Waals surface area contributed by atoms with E-state index in [4.69, 9.17) is 14.2 Å². The van der Waals surface area contributed by atoms with Gasteiger partial charge in [0, 0.05) is 36.1 Å². The van der Waals surface area contributed by atoms with Crippen molar-refractivity contribution in [3.05, 3.63) is 53.5 Å². The quantitative estimate of drug-likeness (QED) is 0.196. The first-order valence-electron chi connectivity index (χ1n) is 14.8. The molecule has 2 N–H and O–H groups in total. The van der Waals surface area contributed by atoms with Crippen LogP contribution < -0.4 is 5.32 Å². The van der Waals surface area contributed by atoms with Gasteiger partial charge in [-0.25, -0.2) is 23.9 Å². The van der Waals surface area contributed by atoms with Crippen molar-refractivity contribution in [3.8, 4) is 22.5 Å². The van der Waals surface area contributed by atoms with E-state index in [0.717, 1.165) is 0 Å². The molecule has 4 heterocycles. The van der Waals surface area contributed by atoms with Crippen LogP contribution in [0.5, 0.6) is 0 Å². The van der Waals surface area contributed by atoms with Crippen LogP contribution in [-0.2, 0) is 14.2 Å². The molecule has 0 spiro atoms. The Morgan fingerprint density at radius 2 is 1.70 bits per heavy atom. The van der Waals surface area contributed by atoms with E-state index in [9.17, 15) is 24.3 Å². The number of aldehydes is 1. The summed E-state index contributed by atoms with van der Waals surface area (Å²) in [6.45, 7) is 11.2. The summed E-state index contributed by atoms with van der Waals surface area (Å²) < 4.78 is 20.0. The number of hydrogen-bond donors (Lipinski definition) is 2. The summed E-state index contributed by atoms with van der Waals surface area (Å²) in [6, 6.07) is 8.06. The van der Waals surface area contributed by atoms with Gasteiger partial charge in [0.25, 0.3) is 5.82 Å². The Kier molecular flexibility index (Phi) is 8.67. The fourth-order valence-corrected chi connectivity index (χ4v) is 5.29. The molecular weight excluding hydrogens is 596 g/mol. The van der Waals surface area contributed by atoms with Crippen LogP contribution in [0.4, 0.5) is 10.6 Å².